The van der Waals surface area contributed by atoms with E-state index in [-0.39, 0.29) is 10.9 Å². The fourth-order valence-corrected chi connectivity index (χ4v) is 2.79. The Hall–Kier alpha value is -1.56. The Morgan fingerprint density at radius 1 is 1.14 bits per heavy atom. The van der Waals surface area contributed by atoms with E-state index < -0.39 is 12.2 Å². The molecule has 0 amide bonds. The predicted molar refractivity (Wildman–Crippen MR) is 84.3 cm³/mol. The van der Waals surface area contributed by atoms with Gasteiger partial charge in [-0.2, -0.15) is 0 Å². The minimum absolute atomic E-state index is 0.00204. The fourth-order valence-electron chi connectivity index (χ4n) is 2.14. The highest BCUT2D eigenvalue weighted by Gasteiger charge is 2.18. The topological polar surface area (TPSA) is 77.8 Å². The van der Waals surface area contributed by atoms with Crippen molar-refractivity contribution in [2.24, 2.45) is 0 Å². The molecule has 0 bridgehead atoms. The first-order valence-electron chi connectivity index (χ1n) is 6.69. The van der Waals surface area contributed by atoms with Crippen LogP contribution in [0.3, 0.4) is 0 Å². The summed E-state index contributed by atoms with van der Waals surface area (Å²) < 4.78 is 0. The summed E-state index contributed by atoms with van der Waals surface area (Å²) in [6.07, 6.45) is -1.55. The van der Waals surface area contributed by atoms with Crippen LogP contribution in [-0.4, -0.2) is 32.3 Å². The highest BCUT2D eigenvalue weighted by Crippen LogP contribution is 2.26. The molecule has 112 valence electrons. The van der Waals surface area contributed by atoms with Crippen molar-refractivity contribution in [3.05, 3.63) is 42.0 Å². The molecule has 0 saturated carbocycles. The van der Waals surface area contributed by atoms with Gasteiger partial charge in [0.1, 0.15) is 11.9 Å². The quantitative estimate of drug-likeness (QED) is 0.791. The third-order valence-corrected chi connectivity index (χ3v) is 4.12. The van der Waals surface area contributed by atoms with Crippen molar-refractivity contribution in [2.45, 2.75) is 25.6 Å². The summed E-state index contributed by atoms with van der Waals surface area (Å²) in [5, 5.41) is 31.3. The normalized spacial score (nSPS) is 14.0. The number of hydrogen-bond donors (Lipinski definition) is 3. The van der Waals surface area contributed by atoms with Gasteiger partial charge in [-0.15, -0.1) is 0 Å². The van der Waals surface area contributed by atoms with Crippen molar-refractivity contribution in [3.8, 4) is 5.75 Å². The van der Waals surface area contributed by atoms with Gasteiger partial charge < -0.3 is 15.3 Å². The van der Waals surface area contributed by atoms with Crippen LogP contribution in [0.4, 0.5) is 0 Å². The van der Waals surface area contributed by atoms with Crippen LogP contribution >= 0.6 is 11.8 Å². The molecule has 5 heteroatoms. The number of phenols is 1. The monoisotopic (exact) mass is 306 g/mol. The van der Waals surface area contributed by atoms with Crippen molar-refractivity contribution < 1.29 is 20.1 Å². The summed E-state index contributed by atoms with van der Waals surface area (Å²) in [4.78, 5) is 10.8. The number of aliphatic hydroxyl groups is 2. The molecule has 2 aromatic rings. The second kappa shape index (κ2) is 6.93. The molecule has 21 heavy (non-hydrogen) atoms. The highest BCUT2D eigenvalue weighted by atomic mass is 32.2. The number of aliphatic hydroxyl groups excluding tert-OH is 2. The minimum Gasteiger partial charge on any atom is -0.508 e. The lowest BCUT2D eigenvalue weighted by Crippen LogP contribution is -2.19. The Balaban J connectivity index is 2.09. The summed E-state index contributed by atoms with van der Waals surface area (Å²) in [7, 11) is 0. The average Bonchev–Trinajstić information content (AvgIpc) is 2.45. The SMILES string of the molecule is CC(=O)SCCC(O)C(O)c1ccc2cc(O)ccc2c1. The van der Waals surface area contributed by atoms with Gasteiger partial charge in [0.25, 0.3) is 0 Å². The van der Waals surface area contributed by atoms with Crippen molar-refractivity contribution in [1.29, 1.82) is 0 Å². The maximum absolute atomic E-state index is 10.8. The predicted octanol–water partition coefficient (Wildman–Crippen LogP) is 2.61. The molecular formula is C16H18O4S. The molecule has 2 aromatic carbocycles. The zero-order valence-electron chi connectivity index (χ0n) is 11.7. The van der Waals surface area contributed by atoms with Gasteiger partial charge in [0.2, 0.25) is 0 Å². The third kappa shape index (κ3) is 4.20. The van der Waals surface area contributed by atoms with Crippen molar-refractivity contribution in [3.63, 3.8) is 0 Å². The van der Waals surface area contributed by atoms with E-state index in [1.807, 2.05) is 0 Å². The number of benzene rings is 2. The molecule has 0 aliphatic rings. The molecule has 0 fully saturated rings. The van der Waals surface area contributed by atoms with Gasteiger partial charge in [-0.3, -0.25) is 4.79 Å². The molecule has 2 rings (SSSR count). The Kier molecular flexibility index (Phi) is 5.22. The van der Waals surface area contributed by atoms with E-state index in [1.54, 1.807) is 36.4 Å². The van der Waals surface area contributed by atoms with Crippen LogP contribution in [0.2, 0.25) is 0 Å². The van der Waals surface area contributed by atoms with E-state index in [2.05, 4.69) is 0 Å². The van der Waals surface area contributed by atoms with Crippen LogP contribution in [0.15, 0.2) is 36.4 Å². The highest BCUT2D eigenvalue weighted by molar-refractivity contribution is 8.13. The summed E-state index contributed by atoms with van der Waals surface area (Å²) >= 11 is 1.14. The van der Waals surface area contributed by atoms with Gasteiger partial charge in [0, 0.05) is 12.7 Å². The van der Waals surface area contributed by atoms with Crippen LogP contribution < -0.4 is 0 Å². The van der Waals surface area contributed by atoms with E-state index >= 15 is 0 Å². The first kappa shape index (κ1) is 15.8. The molecule has 0 aromatic heterocycles. The number of thioether (sulfide) groups is 1. The molecule has 3 N–H and O–H groups in total. The number of carbonyl (C=O) groups excluding carboxylic acids is 1. The molecule has 0 heterocycles. The van der Waals surface area contributed by atoms with Gasteiger partial charge in [0.15, 0.2) is 5.12 Å². The number of aromatic hydroxyl groups is 1. The second-order valence-corrected chi connectivity index (χ2v) is 6.20. The Bertz CT molecular complexity index is 641. The Morgan fingerprint density at radius 3 is 2.52 bits per heavy atom. The van der Waals surface area contributed by atoms with Gasteiger partial charge >= 0.3 is 0 Å². The first-order chi connectivity index (χ1) is 9.97. The van der Waals surface area contributed by atoms with Gasteiger partial charge in [0.05, 0.1) is 6.10 Å². The zero-order valence-corrected chi connectivity index (χ0v) is 12.5. The van der Waals surface area contributed by atoms with E-state index in [0.717, 1.165) is 22.5 Å². The van der Waals surface area contributed by atoms with Gasteiger partial charge in [-0.1, -0.05) is 30.0 Å². The van der Waals surface area contributed by atoms with Crippen molar-refractivity contribution in [1.82, 2.24) is 0 Å². The fraction of sp³-hybridized carbons (Fsp3) is 0.312. The summed E-state index contributed by atoms with van der Waals surface area (Å²) in [5.74, 6) is 0.673. The van der Waals surface area contributed by atoms with Crippen LogP contribution in [0.1, 0.15) is 25.0 Å². The van der Waals surface area contributed by atoms with Crippen LogP contribution in [0.5, 0.6) is 5.75 Å². The van der Waals surface area contributed by atoms with E-state index in [0.29, 0.717) is 17.7 Å². The largest absolute Gasteiger partial charge is 0.508 e. The number of rotatable bonds is 5. The molecule has 0 saturated heterocycles. The first-order valence-corrected chi connectivity index (χ1v) is 7.68. The Labute approximate surface area is 127 Å². The maximum atomic E-state index is 10.8. The molecular weight excluding hydrogens is 288 g/mol. The lowest BCUT2D eigenvalue weighted by atomic mass is 9.99. The van der Waals surface area contributed by atoms with Crippen LogP contribution in [0.25, 0.3) is 10.8 Å². The molecule has 0 aliphatic heterocycles. The molecule has 2 unspecified atom stereocenters. The molecule has 4 nitrogen and oxygen atoms in total. The van der Waals surface area contributed by atoms with E-state index in [4.69, 9.17) is 0 Å². The molecule has 0 radical (unpaired) electrons. The summed E-state index contributed by atoms with van der Waals surface area (Å²) in [5.41, 5.74) is 0.619. The van der Waals surface area contributed by atoms with Crippen LogP contribution in [-0.2, 0) is 4.79 Å². The molecule has 2 atom stereocenters. The standard InChI is InChI=1S/C16H18O4S/c1-10(17)21-7-6-15(19)16(20)13-3-2-12-9-14(18)5-4-11(12)8-13/h2-5,8-9,15-16,18-20H,6-7H2,1H3. The molecule has 0 aliphatic carbocycles. The minimum atomic E-state index is -0.990. The van der Waals surface area contributed by atoms with Gasteiger partial charge in [-0.25, -0.2) is 0 Å². The summed E-state index contributed by atoms with van der Waals surface area (Å²) in [6, 6.07) is 10.3. The number of carbonyl (C=O) groups is 1. The third-order valence-electron chi connectivity index (χ3n) is 3.27. The average molecular weight is 306 g/mol. The molecule has 0 spiro atoms. The maximum Gasteiger partial charge on any atom is 0.185 e. The van der Waals surface area contributed by atoms with E-state index in [9.17, 15) is 20.1 Å². The number of phenolic OH excluding ortho intramolecular Hbond substituents is 1. The van der Waals surface area contributed by atoms with Crippen LogP contribution in [0, 0.1) is 0 Å². The lowest BCUT2D eigenvalue weighted by Gasteiger charge is -2.18. The number of hydrogen-bond acceptors (Lipinski definition) is 5. The van der Waals surface area contributed by atoms with Gasteiger partial charge in [-0.05, 0) is 41.0 Å². The van der Waals surface area contributed by atoms with E-state index in [1.165, 1.54) is 6.92 Å². The number of fused-ring (bicyclic) bond motifs is 1. The second-order valence-electron chi connectivity index (χ2n) is 4.93. The summed E-state index contributed by atoms with van der Waals surface area (Å²) in [6.45, 7) is 1.48. The Morgan fingerprint density at radius 2 is 1.81 bits per heavy atom. The van der Waals surface area contributed by atoms with Crippen molar-refractivity contribution >= 4 is 27.6 Å². The smallest absolute Gasteiger partial charge is 0.185 e. The van der Waals surface area contributed by atoms with Crippen molar-refractivity contribution in [2.75, 3.05) is 5.75 Å². The zero-order chi connectivity index (χ0) is 15.4. The lowest BCUT2D eigenvalue weighted by molar-refractivity contribution is -0.109.